The van der Waals surface area contributed by atoms with Crippen molar-refractivity contribution in [2.24, 2.45) is 0 Å². The third-order valence-corrected chi connectivity index (χ3v) is 7.77. The molecular formula is C29H38N2O4S. The van der Waals surface area contributed by atoms with Gasteiger partial charge >= 0.3 is 5.97 Å². The van der Waals surface area contributed by atoms with Gasteiger partial charge in [-0.1, -0.05) is 55.7 Å². The van der Waals surface area contributed by atoms with Gasteiger partial charge in [-0.25, -0.2) is 4.79 Å². The molecule has 3 rings (SSSR count). The summed E-state index contributed by atoms with van der Waals surface area (Å²) < 4.78 is 0. The second kappa shape index (κ2) is 13.5. The number of nitrogens with one attached hydrogen (secondary N) is 1. The fourth-order valence-corrected chi connectivity index (χ4v) is 5.34. The van der Waals surface area contributed by atoms with E-state index in [0.717, 1.165) is 35.1 Å². The van der Waals surface area contributed by atoms with E-state index in [0.29, 0.717) is 36.6 Å². The summed E-state index contributed by atoms with van der Waals surface area (Å²) in [4.78, 5) is 39.7. The van der Waals surface area contributed by atoms with Crippen molar-refractivity contribution in [2.45, 2.75) is 70.4 Å². The predicted octanol–water partition coefficient (Wildman–Crippen LogP) is 5.32. The van der Waals surface area contributed by atoms with Crippen molar-refractivity contribution in [3.05, 3.63) is 59.2 Å². The smallest absolute Gasteiger partial charge is 0.326 e. The number of thioether (sulfide) groups is 1. The largest absolute Gasteiger partial charge is 0.480 e. The van der Waals surface area contributed by atoms with Crippen LogP contribution in [0.1, 0.15) is 66.4 Å². The van der Waals surface area contributed by atoms with Crippen LogP contribution in [0, 0.1) is 6.92 Å². The minimum absolute atomic E-state index is 0.152. The van der Waals surface area contributed by atoms with E-state index in [1.54, 1.807) is 17.8 Å². The number of aliphatic carboxylic acids is 1. The molecule has 36 heavy (non-hydrogen) atoms. The molecule has 0 saturated heterocycles. The van der Waals surface area contributed by atoms with Crippen LogP contribution in [0.4, 0.5) is 0 Å². The van der Waals surface area contributed by atoms with Crippen LogP contribution in [0.5, 0.6) is 0 Å². The highest BCUT2D eigenvalue weighted by Crippen LogP contribution is 2.29. The van der Waals surface area contributed by atoms with Crippen molar-refractivity contribution in [1.29, 1.82) is 0 Å². The Morgan fingerprint density at radius 3 is 2.47 bits per heavy atom. The fourth-order valence-electron chi connectivity index (χ4n) is 4.87. The Hall–Kier alpha value is -2.80. The highest BCUT2D eigenvalue weighted by atomic mass is 32.2. The van der Waals surface area contributed by atoms with Gasteiger partial charge < -0.3 is 15.3 Å². The van der Waals surface area contributed by atoms with E-state index in [2.05, 4.69) is 5.32 Å². The van der Waals surface area contributed by atoms with Crippen LogP contribution < -0.4 is 5.32 Å². The molecule has 0 bridgehead atoms. The molecule has 0 aromatic heterocycles. The highest BCUT2D eigenvalue weighted by Gasteiger charge is 2.24. The zero-order valence-corrected chi connectivity index (χ0v) is 22.4. The van der Waals surface area contributed by atoms with E-state index in [1.165, 1.54) is 19.3 Å². The zero-order valence-electron chi connectivity index (χ0n) is 21.6. The average molecular weight is 511 g/mol. The molecule has 0 radical (unpaired) electrons. The normalized spacial score (nSPS) is 14.8. The Morgan fingerprint density at radius 2 is 1.81 bits per heavy atom. The molecule has 1 atom stereocenters. The maximum absolute atomic E-state index is 13.2. The Morgan fingerprint density at radius 1 is 1.08 bits per heavy atom. The van der Waals surface area contributed by atoms with Gasteiger partial charge in [-0.05, 0) is 72.9 Å². The number of carboxylic acids is 1. The quantitative estimate of drug-likeness (QED) is 0.427. The van der Waals surface area contributed by atoms with E-state index >= 15 is 0 Å². The van der Waals surface area contributed by atoms with Crippen molar-refractivity contribution >= 4 is 29.5 Å². The van der Waals surface area contributed by atoms with Gasteiger partial charge in [-0.2, -0.15) is 11.8 Å². The Balaban J connectivity index is 1.82. The minimum atomic E-state index is -1.04. The number of carbonyl (C=O) groups is 3. The van der Waals surface area contributed by atoms with Gasteiger partial charge in [0, 0.05) is 25.1 Å². The number of hydrogen-bond donors (Lipinski definition) is 2. The first kappa shape index (κ1) is 27.8. The van der Waals surface area contributed by atoms with Crippen LogP contribution in [0.2, 0.25) is 0 Å². The SMILES string of the molecule is CSCC[C@H](NC(=O)c1ccc(CCC(=O)N(C)C2CCCCC2)cc1-c1ccccc1C)C(=O)O. The van der Waals surface area contributed by atoms with Crippen LogP contribution in [-0.4, -0.2) is 58.9 Å². The number of rotatable bonds is 11. The second-order valence-electron chi connectivity index (χ2n) is 9.64. The van der Waals surface area contributed by atoms with Gasteiger partial charge in [-0.15, -0.1) is 0 Å². The maximum atomic E-state index is 13.2. The Bertz CT molecular complexity index is 1060. The van der Waals surface area contributed by atoms with Crippen molar-refractivity contribution in [2.75, 3.05) is 19.1 Å². The first-order valence-corrected chi connectivity index (χ1v) is 14.2. The standard InChI is InChI=1S/C29H38N2O4S/c1-20-9-7-8-12-23(20)25-19-21(14-16-27(32)31(2)22-10-5-4-6-11-22)13-15-24(25)28(33)30-26(29(34)35)17-18-36-3/h7-9,12-13,15,19,22,26H,4-6,10-11,14,16-18H2,1-3H3,(H,30,33)(H,34,35)/t26-/m0/s1. The van der Waals surface area contributed by atoms with Gasteiger partial charge in [0.05, 0.1) is 0 Å². The molecule has 0 heterocycles. The summed E-state index contributed by atoms with van der Waals surface area (Å²) in [5.41, 5.74) is 4.12. The van der Waals surface area contributed by atoms with Gasteiger partial charge in [0.1, 0.15) is 6.04 Å². The number of nitrogens with zero attached hydrogens (tertiary/aromatic N) is 1. The summed E-state index contributed by atoms with van der Waals surface area (Å²) in [7, 11) is 1.92. The van der Waals surface area contributed by atoms with Crippen molar-refractivity contribution < 1.29 is 19.5 Å². The van der Waals surface area contributed by atoms with Crippen LogP contribution in [0.15, 0.2) is 42.5 Å². The fraction of sp³-hybridized carbons (Fsp3) is 0.483. The van der Waals surface area contributed by atoms with Crippen LogP contribution >= 0.6 is 11.8 Å². The monoisotopic (exact) mass is 510 g/mol. The van der Waals surface area contributed by atoms with Crippen LogP contribution in [-0.2, 0) is 16.0 Å². The Kier molecular flexibility index (Phi) is 10.4. The van der Waals surface area contributed by atoms with Crippen molar-refractivity contribution in [1.82, 2.24) is 10.2 Å². The molecule has 0 aliphatic heterocycles. The zero-order chi connectivity index (χ0) is 26.1. The Labute approximate surface area is 218 Å². The summed E-state index contributed by atoms with van der Waals surface area (Å²) in [5.74, 6) is -0.641. The van der Waals surface area contributed by atoms with Gasteiger partial charge in [-0.3, -0.25) is 9.59 Å². The third kappa shape index (κ3) is 7.36. The minimum Gasteiger partial charge on any atom is -0.480 e. The molecule has 1 aliphatic carbocycles. The van der Waals surface area contributed by atoms with Gasteiger partial charge in [0.25, 0.3) is 5.91 Å². The van der Waals surface area contributed by atoms with Crippen molar-refractivity contribution in [3.8, 4) is 11.1 Å². The molecule has 7 heteroatoms. The second-order valence-corrected chi connectivity index (χ2v) is 10.6. The summed E-state index contributed by atoms with van der Waals surface area (Å²) in [6.07, 6.45) is 9.06. The lowest BCUT2D eigenvalue weighted by Crippen LogP contribution is -2.41. The van der Waals surface area contributed by atoms with Crippen molar-refractivity contribution in [3.63, 3.8) is 0 Å². The topological polar surface area (TPSA) is 86.7 Å². The molecule has 2 N–H and O–H groups in total. The van der Waals surface area contributed by atoms with E-state index in [9.17, 15) is 19.5 Å². The number of carbonyl (C=O) groups excluding carboxylic acids is 2. The molecule has 1 aliphatic rings. The first-order valence-electron chi connectivity index (χ1n) is 12.8. The lowest BCUT2D eigenvalue weighted by molar-refractivity contribution is -0.139. The predicted molar refractivity (Wildman–Crippen MR) is 146 cm³/mol. The van der Waals surface area contributed by atoms with E-state index in [1.807, 2.05) is 61.5 Å². The molecule has 6 nitrogen and oxygen atoms in total. The summed E-state index contributed by atoms with van der Waals surface area (Å²) >= 11 is 1.55. The average Bonchev–Trinajstić information content (AvgIpc) is 2.89. The lowest BCUT2D eigenvalue weighted by atomic mass is 9.92. The van der Waals surface area contributed by atoms with Crippen LogP contribution in [0.25, 0.3) is 11.1 Å². The molecule has 1 fully saturated rings. The first-order chi connectivity index (χ1) is 17.3. The van der Waals surface area contributed by atoms with Gasteiger partial charge in [0.2, 0.25) is 5.91 Å². The van der Waals surface area contributed by atoms with E-state index in [-0.39, 0.29) is 5.91 Å². The summed E-state index contributed by atoms with van der Waals surface area (Å²) in [6, 6.07) is 12.8. The maximum Gasteiger partial charge on any atom is 0.326 e. The van der Waals surface area contributed by atoms with Crippen LogP contribution in [0.3, 0.4) is 0 Å². The molecule has 1 saturated carbocycles. The number of hydrogen-bond acceptors (Lipinski definition) is 4. The van der Waals surface area contributed by atoms with E-state index < -0.39 is 17.9 Å². The molecule has 2 aromatic rings. The van der Waals surface area contributed by atoms with Gasteiger partial charge in [0.15, 0.2) is 0 Å². The highest BCUT2D eigenvalue weighted by molar-refractivity contribution is 7.98. The van der Waals surface area contributed by atoms with E-state index in [4.69, 9.17) is 0 Å². The number of aryl methyl sites for hydroxylation is 2. The summed E-state index contributed by atoms with van der Waals surface area (Å²) in [5, 5.41) is 12.3. The molecule has 0 spiro atoms. The molecule has 0 unspecified atom stereocenters. The molecule has 194 valence electrons. The molecule has 2 amide bonds. The number of amides is 2. The summed E-state index contributed by atoms with van der Waals surface area (Å²) in [6.45, 7) is 1.99. The number of benzene rings is 2. The molecular weight excluding hydrogens is 472 g/mol. The molecule has 2 aromatic carbocycles. The number of carboxylic acid groups (broad SMARTS) is 1. The lowest BCUT2D eigenvalue weighted by Gasteiger charge is -2.31. The third-order valence-electron chi connectivity index (χ3n) is 7.12.